The molecule has 1 unspecified atom stereocenters. The molecule has 0 aromatic carbocycles. The molecule has 0 aliphatic heterocycles. The molecule has 1 rings (SSSR count). The maximum absolute atomic E-state index is 5.62. The highest BCUT2D eigenvalue weighted by atomic mass is 16.5. The second-order valence-corrected chi connectivity index (χ2v) is 4.81. The van der Waals surface area contributed by atoms with Gasteiger partial charge in [0.05, 0.1) is 6.10 Å². The van der Waals surface area contributed by atoms with Crippen LogP contribution in [0.5, 0.6) is 0 Å². The highest BCUT2D eigenvalue weighted by Crippen LogP contribution is 2.51. The minimum Gasteiger partial charge on any atom is -0.379 e. The van der Waals surface area contributed by atoms with Gasteiger partial charge >= 0.3 is 0 Å². The van der Waals surface area contributed by atoms with Crippen molar-refractivity contribution in [1.82, 2.24) is 5.32 Å². The molecule has 1 N–H and O–H groups in total. The number of hydrogen-bond donors (Lipinski definition) is 1. The van der Waals surface area contributed by atoms with Crippen LogP contribution in [-0.4, -0.2) is 25.3 Å². The fraction of sp³-hybridized carbons (Fsp3) is 1.00. The lowest BCUT2D eigenvalue weighted by Crippen LogP contribution is -2.35. The van der Waals surface area contributed by atoms with E-state index in [0.29, 0.717) is 17.6 Å². The van der Waals surface area contributed by atoms with Crippen LogP contribution >= 0.6 is 0 Å². The van der Waals surface area contributed by atoms with Gasteiger partial charge in [0, 0.05) is 12.6 Å². The average molecular weight is 199 g/mol. The first-order valence-corrected chi connectivity index (χ1v) is 5.96. The van der Waals surface area contributed by atoms with Crippen molar-refractivity contribution in [3.8, 4) is 0 Å². The monoisotopic (exact) mass is 199 g/mol. The van der Waals surface area contributed by atoms with E-state index in [0.717, 1.165) is 13.2 Å². The van der Waals surface area contributed by atoms with E-state index in [1.165, 1.54) is 19.3 Å². The minimum atomic E-state index is 0.375. The molecule has 2 nitrogen and oxygen atoms in total. The zero-order valence-corrected chi connectivity index (χ0v) is 10.1. The maximum atomic E-state index is 5.62. The zero-order chi connectivity index (χ0) is 10.6. The van der Waals surface area contributed by atoms with Gasteiger partial charge in [0.1, 0.15) is 0 Å². The summed E-state index contributed by atoms with van der Waals surface area (Å²) < 4.78 is 5.62. The third-order valence-corrected chi connectivity index (χ3v) is 3.37. The summed E-state index contributed by atoms with van der Waals surface area (Å²) in [5.74, 6) is 0. The lowest BCUT2D eigenvalue weighted by Gasteiger charge is -2.24. The SMILES string of the molecule is CCNC(C)C1(CCOC(C)C)CC1. The molecule has 1 aliphatic rings. The van der Waals surface area contributed by atoms with Crippen molar-refractivity contribution in [2.24, 2.45) is 5.41 Å². The van der Waals surface area contributed by atoms with Crippen LogP contribution in [0.4, 0.5) is 0 Å². The standard InChI is InChI=1S/C12H25NO/c1-5-13-11(4)12(6-7-12)8-9-14-10(2)3/h10-11,13H,5-9H2,1-4H3. The van der Waals surface area contributed by atoms with E-state index in [1.54, 1.807) is 0 Å². The van der Waals surface area contributed by atoms with Crippen LogP contribution in [0.1, 0.15) is 47.0 Å². The van der Waals surface area contributed by atoms with Crippen LogP contribution in [0.25, 0.3) is 0 Å². The molecule has 14 heavy (non-hydrogen) atoms. The van der Waals surface area contributed by atoms with Crippen LogP contribution in [-0.2, 0) is 4.74 Å². The highest BCUT2D eigenvalue weighted by molar-refractivity contribution is 5.00. The Hall–Kier alpha value is -0.0800. The van der Waals surface area contributed by atoms with Gasteiger partial charge in [-0.15, -0.1) is 0 Å². The van der Waals surface area contributed by atoms with Crippen molar-refractivity contribution < 1.29 is 4.74 Å². The van der Waals surface area contributed by atoms with Crippen molar-refractivity contribution in [2.45, 2.75) is 59.1 Å². The average Bonchev–Trinajstić information content (AvgIpc) is 2.85. The summed E-state index contributed by atoms with van der Waals surface area (Å²) in [6.07, 6.45) is 4.35. The predicted octanol–water partition coefficient (Wildman–Crippen LogP) is 2.58. The molecule has 1 saturated carbocycles. The second kappa shape index (κ2) is 5.13. The molecule has 0 aromatic heterocycles. The summed E-state index contributed by atoms with van der Waals surface area (Å²) >= 11 is 0. The molecule has 0 heterocycles. The lowest BCUT2D eigenvalue weighted by molar-refractivity contribution is 0.0620. The maximum Gasteiger partial charge on any atom is 0.0518 e. The molecule has 0 spiro atoms. The largest absolute Gasteiger partial charge is 0.379 e. The van der Waals surface area contributed by atoms with Gasteiger partial charge in [-0.2, -0.15) is 0 Å². The van der Waals surface area contributed by atoms with Gasteiger partial charge in [0.15, 0.2) is 0 Å². The Morgan fingerprint density at radius 2 is 1.93 bits per heavy atom. The van der Waals surface area contributed by atoms with Crippen LogP contribution in [0.2, 0.25) is 0 Å². The van der Waals surface area contributed by atoms with Gasteiger partial charge in [-0.3, -0.25) is 0 Å². The fourth-order valence-electron chi connectivity index (χ4n) is 2.08. The summed E-state index contributed by atoms with van der Waals surface area (Å²) in [6.45, 7) is 10.7. The Labute approximate surface area is 88.4 Å². The molecule has 84 valence electrons. The molecule has 0 saturated heterocycles. The van der Waals surface area contributed by atoms with Gasteiger partial charge in [0.2, 0.25) is 0 Å². The molecule has 0 radical (unpaired) electrons. The summed E-state index contributed by atoms with van der Waals surface area (Å²) in [5, 5.41) is 3.53. The van der Waals surface area contributed by atoms with Gasteiger partial charge in [-0.1, -0.05) is 6.92 Å². The molecular weight excluding hydrogens is 174 g/mol. The van der Waals surface area contributed by atoms with E-state index >= 15 is 0 Å². The van der Waals surface area contributed by atoms with E-state index in [-0.39, 0.29) is 0 Å². The van der Waals surface area contributed by atoms with E-state index in [1.807, 2.05) is 0 Å². The Morgan fingerprint density at radius 3 is 2.36 bits per heavy atom. The zero-order valence-electron chi connectivity index (χ0n) is 10.1. The Kier molecular flexibility index (Phi) is 4.39. The summed E-state index contributed by atoms with van der Waals surface area (Å²) in [5.41, 5.74) is 0.560. The highest BCUT2D eigenvalue weighted by Gasteiger charge is 2.46. The second-order valence-electron chi connectivity index (χ2n) is 4.81. The number of ether oxygens (including phenoxy) is 1. The van der Waals surface area contributed by atoms with E-state index < -0.39 is 0 Å². The third-order valence-electron chi connectivity index (χ3n) is 3.37. The normalized spacial score (nSPS) is 21.2. The molecule has 0 amide bonds. The van der Waals surface area contributed by atoms with Crippen LogP contribution in [0.3, 0.4) is 0 Å². The summed E-state index contributed by atoms with van der Waals surface area (Å²) in [7, 11) is 0. The third kappa shape index (κ3) is 3.25. The first-order valence-electron chi connectivity index (χ1n) is 5.96. The van der Waals surface area contributed by atoms with E-state index in [2.05, 4.69) is 33.0 Å². The molecular formula is C12H25NO. The lowest BCUT2D eigenvalue weighted by atomic mass is 9.94. The Balaban J connectivity index is 2.21. The van der Waals surface area contributed by atoms with Gasteiger partial charge in [0.25, 0.3) is 0 Å². The van der Waals surface area contributed by atoms with Crippen molar-refractivity contribution in [3.63, 3.8) is 0 Å². The van der Waals surface area contributed by atoms with Gasteiger partial charge < -0.3 is 10.1 Å². The molecule has 1 aliphatic carbocycles. The van der Waals surface area contributed by atoms with Gasteiger partial charge in [-0.05, 0) is 52.0 Å². The van der Waals surface area contributed by atoms with Crippen molar-refractivity contribution >= 4 is 0 Å². The smallest absolute Gasteiger partial charge is 0.0518 e. The van der Waals surface area contributed by atoms with Crippen LogP contribution in [0.15, 0.2) is 0 Å². The van der Waals surface area contributed by atoms with Crippen LogP contribution in [0, 0.1) is 5.41 Å². The minimum absolute atomic E-state index is 0.375. The Morgan fingerprint density at radius 1 is 1.29 bits per heavy atom. The molecule has 1 fully saturated rings. The number of nitrogens with one attached hydrogen (secondary N) is 1. The Bertz CT molecular complexity index is 164. The first kappa shape index (κ1) is 12.0. The quantitative estimate of drug-likeness (QED) is 0.680. The van der Waals surface area contributed by atoms with Gasteiger partial charge in [-0.25, -0.2) is 0 Å². The number of rotatable bonds is 7. The topological polar surface area (TPSA) is 21.3 Å². The van der Waals surface area contributed by atoms with Crippen molar-refractivity contribution in [2.75, 3.05) is 13.2 Å². The van der Waals surface area contributed by atoms with Crippen molar-refractivity contribution in [3.05, 3.63) is 0 Å². The van der Waals surface area contributed by atoms with Crippen molar-refractivity contribution in [1.29, 1.82) is 0 Å². The summed E-state index contributed by atoms with van der Waals surface area (Å²) in [4.78, 5) is 0. The molecule has 1 atom stereocenters. The molecule has 0 bridgehead atoms. The van der Waals surface area contributed by atoms with E-state index in [9.17, 15) is 0 Å². The first-order chi connectivity index (χ1) is 6.60. The summed E-state index contributed by atoms with van der Waals surface area (Å²) in [6, 6.07) is 0.656. The molecule has 0 aromatic rings. The number of hydrogen-bond acceptors (Lipinski definition) is 2. The predicted molar refractivity (Wildman–Crippen MR) is 60.5 cm³/mol. The molecule has 2 heteroatoms. The van der Waals surface area contributed by atoms with E-state index in [4.69, 9.17) is 4.74 Å². The van der Waals surface area contributed by atoms with Crippen LogP contribution < -0.4 is 5.32 Å². The fourth-order valence-corrected chi connectivity index (χ4v) is 2.08.